The smallest absolute Gasteiger partial charge is 0.0440 e. The minimum absolute atomic E-state index is 0.516. The Balaban J connectivity index is 0. The van der Waals surface area contributed by atoms with Gasteiger partial charge in [0.25, 0.3) is 0 Å². The third-order valence-electron chi connectivity index (χ3n) is 1.77. The minimum atomic E-state index is 0.516. The zero-order valence-corrected chi connectivity index (χ0v) is 11.9. The molecule has 0 amide bonds. The second-order valence-electron chi connectivity index (χ2n) is 3.18. The predicted molar refractivity (Wildman–Crippen MR) is 73.0 cm³/mol. The highest BCUT2D eigenvalue weighted by Gasteiger charge is 2.03. The molecule has 15 heavy (non-hydrogen) atoms. The molecular formula is C14H25Cl. The molecule has 0 aliphatic rings. The van der Waals surface area contributed by atoms with Crippen LogP contribution in [-0.4, -0.2) is 0 Å². The van der Waals surface area contributed by atoms with E-state index in [2.05, 4.69) is 26.8 Å². The molecule has 88 valence electrons. The van der Waals surface area contributed by atoms with Crippen LogP contribution in [-0.2, 0) is 0 Å². The molecule has 0 unspecified atom stereocenters. The van der Waals surface area contributed by atoms with Gasteiger partial charge in [-0.3, -0.25) is 0 Å². The number of hydrogen-bond donors (Lipinski definition) is 0. The largest absolute Gasteiger partial charge is 0.0840 e. The van der Waals surface area contributed by atoms with Crippen LogP contribution in [0.1, 0.15) is 58.6 Å². The van der Waals surface area contributed by atoms with Crippen molar-refractivity contribution in [2.24, 2.45) is 0 Å². The molecule has 0 saturated carbocycles. The molecule has 1 aromatic rings. The van der Waals surface area contributed by atoms with E-state index in [1.54, 1.807) is 0 Å². The monoisotopic (exact) mass is 228 g/mol. The number of aryl methyl sites for hydroxylation is 1. The third-order valence-corrected chi connectivity index (χ3v) is 2.12. The Morgan fingerprint density at radius 1 is 1.00 bits per heavy atom. The molecule has 1 rings (SSSR count). The van der Waals surface area contributed by atoms with Crippen molar-refractivity contribution >= 4 is 11.6 Å². The van der Waals surface area contributed by atoms with Crippen molar-refractivity contribution < 1.29 is 0 Å². The molecule has 0 nitrogen and oxygen atoms in total. The normalized spacial score (nSPS) is 8.60. The highest BCUT2D eigenvalue weighted by atomic mass is 35.5. The summed E-state index contributed by atoms with van der Waals surface area (Å²) in [5, 5.41) is 0.880. The summed E-state index contributed by atoms with van der Waals surface area (Å²) in [6.45, 7) is 14.4. The summed E-state index contributed by atoms with van der Waals surface area (Å²) in [4.78, 5) is 0. The van der Waals surface area contributed by atoms with E-state index in [0.29, 0.717) is 5.92 Å². The van der Waals surface area contributed by atoms with E-state index < -0.39 is 0 Å². The number of halogens is 1. The first-order chi connectivity index (χ1) is 7.11. The van der Waals surface area contributed by atoms with Crippen LogP contribution < -0.4 is 0 Å². The van der Waals surface area contributed by atoms with Crippen LogP contribution in [0.3, 0.4) is 0 Å². The van der Waals surface area contributed by atoms with Crippen LogP contribution in [0.25, 0.3) is 0 Å². The van der Waals surface area contributed by atoms with Crippen molar-refractivity contribution in [3.05, 3.63) is 34.3 Å². The Kier molecular flexibility index (Phi) is 11.3. The maximum atomic E-state index is 5.99. The SMILES string of the molecule is CC.CC.Cc1ccc(Cl)c(C(C)C)c1. The zero-order chi connectivity index (χ0) is 12.4. The fourth-order valence-electron chi connectivity index (χ4n) is 1.11. The van der Waals surface area contributed by atoms with E-state index in [1.807, 2.05) is 39.8 Å². The van der Waals surface area contributed by atoms with E-state index in [9.17, 15) is 0 Å². The van der Waals surface area contributed by atoms with Crippen LogP contribution in [0, 0.1) is 6.92 Å². The Labute approximate surface area is 101 Å². The molecule has 0 fully saturated rings. The molecule has 0 atom stereocenters. The summed E-state index contributed by atoms with van der Waals surface area (Å²) < 4.78 is 0. The third kappa shape index (κ3) is 6.57. The molecule has 0 aromatic heterocycles. The average molecular weight is 229 g/mol. The lowest BCUT2D eigenvalue weighted by molar-refractivity contribution is 0.865. The highest BCUT2D eigenvalue weighted by molar-refractivity contribution is 6.31. The lowest BCUT2D eigenvalue weighted by Gasteiger charge is -2.08. The van der Waals surface area contributed by atoms with E-state index in [0.717, 1.165) is 5.02 Å². The zero-order valence-electron chi connectivity index (χ0n) is 11.2. The Bertz CT molecular complexity index is 252. The van der Waals surface area contributed by atoms with Crippen LogP contribution in [0.5, 0.6) is 0 Å². The lowest BCUT2D eigenvalue weighted by Crippen LogP contribution is -1.89. The van der Waals surface area contributed by atoms with Gasteiger partial charge in [-0.25, -0.2) is 0 Å². The van der Waals surface area contributed by atoms with Crippen molar-refractivity contribution in [2.75, 3.05) is 0 Å². The van der Waals surface area contributed by atoms with Gasteiger partial charge >= 0.3 is 0 Å². The Hall–Kier alpha value is -0.490. The minimum Gasteiger partial charge on any atom is -0.0840 e. The van der Waals surface area contributed by atoms with Gasteiger partial charge in [-0.1, -0.05) is 70.8 Å². The lowest BCUT2D eigenvalue weighted by atomic mass is 10.0. The van der Waals surface area contributed by atoms with E-state index in [1.165, 1.54) is 11.1 Å². The molecule has 0 saturated heterocycles. The summed E-state index contributed by atoms with van der Waals surface area (Å²) in [6.07, 6.45) is 0. The number of hydrogen-bond acceptors (Lipinski definition) is 0. The first-order valence-electron chi connectivity index (χ1n) is 5.87. The predicted octanol–water partition coefficient (Wildman–Crippen LogP) is 5.82. The van der Waals surface area contributed by atoms with E-state index in [4.69, 9.17) is 11.6 Å². The van der Waals surface area contributed by atoms with E-state index >= 15 is 0 Å². The quantitative estimate of drug-likeness (QED) is 0.568. The van der Waals surface area contributed by atoms with Crippen LogP contribution in [0.2, 0.25) is 5.02 Å². The average Bonchev–Trinajstić information content (AvgIpc) is 2.27. The van der Waals surface area contributed by atoms with Gasteiger partial charge < -0.3 is 0 Å². The molecular weight excluding hydrogens is 204 g/mol. The molecule has 1 heteroatoms. The maximum Gasteiger partial charge on any atom is 0.0440 e. The fourth-order valence-corrected chi connectivity index (χ4v) is 1.44. The Morgan fingerprint density at radius 3 is 1.80 bits per heavy atom. The van der Waals surface area contributed by atoms with Gasteiger partial charge in [0, 0.05) is 5.02 Å². The van der Waals surface area contributed by atoms with Gasteiger partial charge in [0.15, 0.2) is 0 Å². The second-order valence-corrected chi connectivity index (χ2v) is 3.59. The standard InChI is InChI=1S/C10H13Cl.2C2H6/c1-7(2)9-6-8(3)4-5-10(9)11;2*1-2/h4-7H,1-3H3;2*1-2H3. The number of rotatable bonds is 1. The molecule has 0 radical (unpaired) electrons. The van der Waals surface area contributed by atoms with Gasteiger partial charge in [0.1, 0.15) is 0 Å². The molecule has 0 aliphatic heterocycles. The van der Waals surface area contributed by atoms with Gasteiger partial charge in [-0.15, -0.1) is 0 Å². The van der Waals surface area contributed by atoms with Gasteiger partial charge in [-0.05, 0) is 24.5 Å². The van der Waals surface area contributed by atoms with Crippen LogP contribution >= 0.6 is 11.6 Å². The summed E-state index contributed by atoms with van der Waals surface area (Å²) in [7, 11) is 0. The highest BCUT2D eigenvalue weighted by Crippen LogP contribution is 2.24. The van der Waals surface area contributed by atoms with Crippen LogP contribution in [0.15, 0.2) is 18.2 Å². The van der Waals surface area contributed by atoms with Crippen LogP contribution in [0.4, 0.5) is 0 Å². The first kappa shape index (κ1) is 16.9. The van der Waals surface area contributed by atoms with Crippen molar-refractivity contribution in [1.29, 1.82) is 0 Å². The van der Waals surface area contributed by atoms with Gasteiger partial charge in [0.05, 0.1) is 0 Å². The molecule has 0 N–H and O–H groups in total. The van der Waals surface area contributed by atoms with Gasteiger partial charge in [-0.2, -0.15) is 0 Å². The number of benzene rings is 1. The molecule has 0 aliphatic carbocycles. The second kappa shape index (κ2) is 10.0. The van der Waals surface area contributed by atoms with Gasteiger partial charge in [0.2, 0.25) is 0 Å². The molecule has 0 heterocycles. The maximum absolute atomic E-state index is 5.99. The van der Waals surface area contributed by atoms with Crippen molar-refractivity contribution in [3.8, 4) is 0 Å². The summed E-state index contributed by atoms with van der Waals surface area (Å²) in [5.41, 5.74) is 2.52. The van der Waals surface area contributed by atoms with Crippen molar-refractivity contribution in [3.63, 3.8) is 0 Å². The summed E-state index contributed by atoms with van der Waals surface area (Å²) in [6, 6.07) is 6.15. The van der Waals surface area contributed by atoms with E-state index in [-0.39, 0.29) is 0 Å². The first-order valence-corrected chi connectivity index (χ1v) is 6.25. The summed E-state index contributed by atoms with van der Waals surface area (Å²) in [5.74, 6) is 0.516. The molecule has 1 aromatic carbocycles. The summed E-state index contributed by atoms with van der Waals surface area (Å²) >= 11 is 5.99. The Morgan fingerprint density at radius 2 is 1.47 bits per heavy atom. The topological polar surface area (TPSA) is 0 Å². The molecule has 0 spiro atoms. The van der Waals surface area contributed by atoms with Crippen molar-refractivity contribution in [1.82, 2.24) is 0 Å². The fraction of sp³-hybridized carbons (Fsp3) is 0.571. The van der Waals surface area contributed by atoms with Crippen molar-refractivity contribution in [2.45, 2.75) is 54.4 Å². The molecule has 0 bridgehead atoms.